The van der Waals surface area contributed by atoms with Crippen molar-refractivity contribution in [3.05, 3.63) is 65.0 Å². The number of benzene rings is 2. The van der Waals surface area contributed by atoms with Crippen LogP contribution in [0.2, 0.25) is 0 Å². The second-order valence-corrected chi connectivity index (χ2v) is 5.62. The van der Waals surface area contributed by atoms with Gasteiger partial charge in [-0.25, -0.2) is 4.79 Å². The molecule has 8 nitrogen and oxygen atoms in total. The lowest BCUT2D eigenvalue weighted by Gasteiger charge is -2.10. The summed E-state index contributed by atoms with van der Waals surface area (Å²) in [5.41, 5.74) is 0.965. The second-order valence-electron chi connectivity index (χ2n) is 5.62. The molecular weight excluding hydrogens is 350 g/mol. The van der Waals surface area contributed by atoms with E-state index in [4.69, 9.17) is 4.74 Å². The molecule has 0 aliphatic carbocycles. The summed E-state index contributed by atoms with van der Waals surface area (Å²) < 4.78 is 11.2. The van der Waals surface area contributed by atoms with Crippen LogP contribution < -0.4 is 15.5 Å². The predicted octanol–water partition coefficient (Wildman–Crippen LogP) is 1.59. The first-order chi connectivity index (χ1) is 13.1. The Morgan fingerprint density at radius 2 is 1.85 bits per heavy atom. The first-order valence-corrected chi connectivity index (χ1v) is 8.11. The van der Waals surface area contributed by atoms with E-state index in [1.807, 2.05) is 0 Å². The molecule has 27 heavy (non-hydrogen) atoms. The van der Waals surface area contributed by atoms with Gasteiger partial charge in [0.2, 0.25) is 11.3 Å². The summed E-state index contributed by atoms with van der Waals surface area (Å²) in [6.45, 7) is -0.227. The summed E-state index contributed by atoms with van der Waals surface area (Å²) in [5, 5.41) is 7.29. The zero-order valence-corrected chi connectivity index (χ0v) is 14.5. The third-order valence-corrected chi connectivity index (χ3v) is 3.78. The number of rotatable bonds is 6. The highest BCUT2D eigenvalue weighted by atomic mass is 16.6. The number of nitrogens with zero attached hydrogens (tertiary/aromatic N) is 2. The summed E-state index contributed by atoms with van der Waals surface area (Å²) >= 11 is 0. The number of ether oxygens (including phenoxy) is 2. The average molecular weight is 367 g/mol. The van der Waals surface area contributed by atoms with Crippen LogP contribution in [0.15, 0.2) is 59.5 Å². The molecule has 8 heteroatoms. The van der Waals surface area contributed by atoms with Crippen molar-refractivity contribution in [3.8, 4) is 5.75 Å². The van der Waals surface area contributed by atoms with Crippen LogP contribution in [0.25, 0.3) is 10.9 Å². The smallest absolute Gasteiger partial charge is 0.343 e. The Hall–Kier alpha value is -3.68. The van der Waals surface area contributed by atoms with E-state index in [2.05, 4.69) is 15.2 Å². The molecule has 1 heterocycles. The fraction of sp³-hybridized carbons (Fsp3) is 0.158. The van der Waals surface area contributed by atoms with Gasteiger partial charge in [-0.05, 0) is 36.4 Å². The molecule has 3 rings (SSSR count). The fourth-order valence-corrected chi connectivity index (χ4v) is 2.46. The van der Waals surface area contributed by atoms with Gasteiger partial charge in [0.1, 0.15) is 12.3 Å². The molecule has 3 aromatic rings. The molecule has 1 aromatic heterocycles. The summed E-state index contributed by atoms with van der Waals surface area (Å²) in [6, 6.07) is 13.5. The van der Waals surface area contributed by atoms with E-state index < -0.39 is 5.97 Å². The quantitative estimate of drug-likeness (QED) is 0.664. The van der Waals surface area contributed by atoms with Crippen molar-refractivity contribution in [2.75, 3.05) is 19.0 Å². The molecule has 0 atom stereocenters. The topological polar surface area (TPSA) is 99.5 Å². The molecule has 0 unspecified atom stereocenters. The Balaban J connectivity index is 1.65. The lowest BCUT2D eigenvalue weighted by atomic mass is 10.2. The van der Waals surface area contributed by atoms with Crippen molar-refractivity contribution in [1.82, 2.24) is 9.78 Å². The number of esters is 1. The van der Waals surface area contributed by atoms with Gasteiger partial charge < -0.3 is 14.8 Å². The highest BCUT2D eigenvalue weighted by Gasteiger charge is 2.09. The molecule has 1 amide bonds. The minimum Gasteiger partial charge on any atom is -0.482 e. The molecule has 0 aliphatic heterocycles. The maximum absolute atomic E-state index is 12.3. The van der Waals surface area contributed by atoms with Crippen LogP contribution in [0.5, 0.6) is 5.75 Å². The molecule has 2 aromatic carbocycles. The van der Waals surface area contributed by atoms with E-state index in [1.165, 1.54) is 18.0 Å². The van der Waals surface area contributed by atoms with Crippen molar-refractivity contribution in [2.24, 2.45) is 0 Å². The van der Waals surface area contributed by atoms with E-state index in [9.17, 15) is 14.4 Å². The van der Waals surface area contributed by atoms with Crippen LogP contribution in [0.4, 0.5) is 5.69 Å². The fourth-order valence-electron chi connectivity index (χ4n) is 2.46. The summed E-state index contributed by atoms with van der Waals surface area (Å²) in [7, 11) is 1.28. The lowest BCUT2D eigenvalue weighted by molar-refractivity contribution is -0.142. The number of amides is 1. The molecule has 0 saturated heterocycles. The first-order valence-electron chi connectivity index (χ1n) is 8.11. The largest absolute Gasteiger partial charge is 0.482 e. The third kappa shape index (κ3) is 4.49. The Morgan fingerprint density at radius 3 is 2.59 bits per heavy atom. The number of methoxy groups -OCH3 is 1. The highest BCUT2D eigenvalue weighted by molar-refractivity contribution is 5.91. The number of carbonyl (C=O) groups is 2. The third-order valence-electron chi connectivity index (χ3n) is 3.78. The van der Waals surface area contributed by atoms with Gasteiger partial charge in [0.15, 0.2) is 6.61 Å². The Morgan fingerprint density at radius 1 is 1.11 bits per heavy atom. The second kappa shape index (κ2) is 8.13. The van der Waals surface area contributed by atoms with Gasteiger partial charge in [0.05, 0.1) is 18.8 Å². The predicted molar refractivity (Wildman–Crippen MR) is 98.6 cm³/mol. The maximum Gasteiger partial charge on any atom is 0.343 e. The Labute approximate surface area is 154 Å². The average Bonchev–Trinajstić information content (AvgIpc) is 2.69. The zero-order chi connectivity index (χ0) is 19.2. The SMILES string of the molecule is COC(=O)COc1ccc(NC(=O)Cn2ncc(=O)c3ccccc32)cc1. The van der Waals surface area contributed by atoms with Crippen molar-refractivity contribution in [1.29, 1.82) is 0 Å². The van der Waals surface area contributed by atoms with Crippen LogP contribution in [-0.2, 0) is 20.9 Å². The van der Waals surface area contributed by atoms with Crippen LogP contribution in [0, 0.1) is 0 Å². The van der Waals surface area contributed by atoms with Crippen molar-refractivity contribution >= 4 is 28.5 Å². The zero-order valence-electron chi connectivity index (χ0n) is 14.5. The number of hydrogen-bond donors (Lipinski definition) is 1. The van der Waals surface area contributed by atoms with Gasteiger partial charge in [-0.15, -0.1) is 0 Å². The first kappa shape index (κ1) is 18.1. The summed E-state index contributed by atoms with van der Waals surface area (Å²) in [6.07, 6.45) is 1.20. The van der Waals surface area contributed by atoms with Crippen LogP contribution in [0.3, 0.4) is 0 Å². The number of para-hydroxylation sites is 1. The van der Waals surface area contributed by atoms with Crippen molar-refractivity contribution in [3.63, 3.8) is 0 Å². The standard InChI is InChI=1S/C19H17N3O5/c1-26-19(25)12-27-14-8-6-13(7-9-14)21-18(24)11-22-16-5-3-2-4-15(16)17(23)10-20-22/h2-10H,11-12H2,1H3,(H,21,24). The van der Waals surface area contributed by atoms with E-state index >= 15 is 0 Å². The van der Waals surface area contributed by atoms with Gasteiger partial charge in [-0.3, -0.25) is 14.3 Å². The van der Waals surface area contributed by atoms with Crippen LogP contribution in [-0.4, -0.2) is 35.4 Å². The number of anilines is 1. The van der Waals surface area contributed by atoms with E-state index in [1.54, 1.807) is 48.5 Å². The normalized spacial score (nSPS) is 10.4. The minimum atomic E-state index is -0.478. The molecule has 138 valence electrons. The Bertz CT molecular complexity index is 1030. The van der Waals surface area contributed by atoms with Gasteiger partial charge >= 0.3 is 5.97 Å². The van der Waals surface area contributed by atoms with E-state index in [-0.39, 0.29) is 24.5 Å². The van der Waals surface area contributed by atoms with Gasteiger partial charge in [-0.1, -0.05) is 12.1 Å². The molecule has 1 N–H and O–H groups in total. The van der Waals surface area contributed by atoms with Crippen LogP contribution >= 0.6 is 0 Å². The van der Waals surface area contributed by atoms with Gasteiger partial charge in [0, 0.05) is 11.1 Å². The molecule has 0 fully saturated rings. The number of carbonyl (C=O) groups excluding carboxylic acids is 2. The number of fused-ring (bicyclic) bond motifs is 1. The van der Waals surface area contributed by atoms with Crippen molar-refractivity contribution < 1.29 is 19.1 Å². The molecule has 0 bridgehead atoms. The Kier molecular flexibility index (Phi) is 5.46. The highest BCUT2D eigenvalue weighted by Crippen LogP contribution is 2.16. The number of aromatic nitrogens is 2. The maximum atomic E-state index is 12.3. The van der Waals surface area contributed by atoms with Gasteiger partial charge in [0.25, 0.3) is 0 Å². The van der Waals surface area contributed by atoms with Gasteiger partial charge in [-0.2, -0.15) is 5.10 Å². The van der Waals surface area contributed by atoms with E-state index in [0.29, 0.717) is 22.3 Å². The molecule has 0 aliphatic rings. The lowest BCUT2D eigenvalue weighted by Crippen LogP contribution is -2.22. The molecular formula is C19H17N3O5. The van der Waals surface area contributed by atoms with Crippen LogP contribution in [0.1, 0.15) is 0 Å². The molecule has 0 spiro atoms. The summed E-state index contributed by atoms with van der Waals surface area (Å²) in [4.78, 5) is 35.2. The minimum absolute atomic E-state index is 0.0403. The van der Waals surface area contributed by atoms with E-state index in [0.717, 1.165) is 0 Å². The monoisotopic (exact) mass is 367 g/mol. The summed E-state index contributed by atoms with van der Waals surface area (Å²) in [5.74, 6) is -0.292. The molecule has 0 radical (unpaired) electrons. The molecule has 0 saturated carbocycles. The number of hydrogen-bond acceptors (Lipinski definition) is 6. The van der Waals surface area contributed by atoms with Crippen molar-refractivity contribution in [2.45, 2.75) is 6.54 Å². The number of nitrogens with one attached hydrogen (secondary N) is 1.